The zero-order valence-corrected chi connectivity index (χ0v) is 14.5. The first-order chi connectivity index (χ1) is 12.6. The van der Waals surface area contributed by atoms with Crippen LogP contribution in [0.15, 0.2) is 96.7 Å². The number of hydrogen-bond donors (Lipinski definition) is 1. The fraction of sp³-hybridized carbons (Fsp3) is 0.0435. The molecule has 26 heavy (non-hydrogen) atoms. The third kappa shape index (κ3) is 4.33. The van der Waals surface area contributed by atoms with Crippen molar-refractivity contribution in [2.24, 2.45) is 0 Å². The lowest BCUT2D eigenvalue weighted by atomic mass is 10.0. The summed E-state index contributed by atoms with van der Waals surface area (Å²) in [4.78, 5) is 25.5. The first-order valence-electron chi connectivity index (χ1n) is 8.38. The average molecular weight is 341 g/mol. The number of benzene rings is 3. The van der Waals surface area contributed by atoms with Crippen molar-refractivity contribution in [3.05, 3.63) is 113 Å². The maximum atomic E-state index is 12.9. The van der Waals surface area contributed by atoms with Crippen molar-refractivity contribution in [1.29, 1.82) is 0 Å². The second-order valence-corrected chi connectivity index (χ2v) is 5.97. The molecule has 0 saturated carbocycles. The predicted molar refractivity (Wildman–Crippen MR) is 104 cm³/mol. The first-order valence-corrected chi connectivity index (χ1v) is 8.38. The molecule has 0 aliphatic rings. The van der Waals surface area contributed by atoms with Gasteiger partial charge in [-0.1, -0.05) is 78.4 Å². The fourth-order valence-electron chi connectivity index (χ4n) is 2.51. The summed E-state index contributed by atoms with van der Waals surface area (Å²) >= 11 is 0. The Morgan fingerprint density at radius 1 is 0.731 bits per heavy atom. The number of anilines is 1. The summed E-state index contributed by atoms with van der Waals surface area (Å²) < 4.78 is 0. The zero-order valence-electron chi connectivity index (χ0n) is 14.5. The number of carbonyl (C=O) groups excluding carboxylic acids is 2. The van der Waals surface area contributed by atoms with Crippen LogP contribution in [0.4, 0.5) is 5.69 Å². The maximum Gasteiger partial charge on any atom is 0.209 e. The number of hydrogen-bond acceptors (Lipinski definition) is 3. The molecule has 128 valence electrons. The number of nitrogens with one attached hydrogen (secondary N) is 1. The number of rotatable bonds is 6. The number of aryl methyl sites for hydroxylation is 1. The van der Waals surface area contributed by atoms with Gasteiger partial charge >= 0.3 is 0 Å². The van der Waals surface area contributed by atoms with Crippen molar-refractivity contribution in [2.75, 3.05) is 5.32 Å². The Morgan fingerprint density at radius 3 is 1.85 bits per heavy atom. The fourth-order valence-corrected chi connectivity index (χ4v) is 2.51. The van der Waals surface area contributed by atoms with Gasteiger partial charge in [0.05, 0.1) is 5.70 Å². The van der Waals surface area contributed by atoms with Crippen LogP contribution in [0.1, 0.15) is 26.3 Å². The molecule has 0 unspecified atom stereocenters. The molecular weight excluding hydrogens is 322 g/mol. The van der Waals surface area contributed by atoms with Crippen LogP contribution in [0, 0.1) is 6.92 Å². The van der Waals surface area contributed by atoms with E-state index in [0.29, 0.717) is 11.1 Å². The van der Waals surface area contributed by atoms with Crippen molar-refractivity contribution in [2.45, 2.75) is 6.92 Å². The molecule has 1 N–H and O–H groups in total. The lowest BCUT2D eigenvalue weighted by molar-refractivity contribution is 0.101. The zero-order chi connectivity index (χ0) is 18.4. The molecule has 0 amide bonds. The molecule has 3 heteroatoms. The van der Waals surface area contributed by atoms with Crippen molar-refractivity contribution in [3.8, 4) is 0 Å². The molecule has 0 aliphatic carbocycles. The van der Waals surface area contributed by atoms with Gasteiger partial charge in [-0.05, 0) is 19.1 Å². The minimum Gasteiger partial charge on any atom is -0.352 e. The maximum absolute atomic E-state index is 12.9. The molecule has 3 rings (SSSR count). The molecule has 0 radical (unpaired) electrons. The highest BCUT2D eigenvalue weighted by molar-refractivity contribution is 6.16. The predicted octanol–water partition coefficient (Wildman–Crippen LogP) is 5.06. The van der Waals surface area contributed by atoms with E-state index in [1.54, 1.807) is 48.5 Å². The third-order valence-electron chi connectivity index (χ3n) is 3.94. The smallest absolute Gasteiger partial charge is 0.209 e. The topological polar surface area (TPSA) is 46.2 Å². The van der Waals surface area contributed by atoms with E-state index in [9.17, 15) is 9.59 Å². The molecule has 0 heterocycles. The lowest BCUT2D eigenvalue weighted by Crippen LogP contribution is -2.14. The van der Waals surface area contributed by atoms with Crippen molar-refractivity contribution in [1.82, 2.24) is 0 Å². The van der Waals surface area contributed by atoms with Crippen LogP contribution in [-0.4, -0.2) is 11.6 Å². The quantitative estimate of drug-likeness (QED) is 0.504. The van der Waals surface area contributed by atoms with Gasteiger partial charge < -0.3 is 5.32 Å². The Kier molecular flexibility index (Phi) is 5.40. The monoisotopic (exact) mass is 341 g/mol. The van der Waals surface area contributed by atoms with E-state index in [-0.39, 0.29) is 17.3 Å². The minimum absolute atomic E-state index is 0.218. The van der Waals surface area contributed by atoms with Gasteiger partial charge in [-0.25, -0.2) is 0 Å². The van der Waals surface area contributed by atoms with E-state index in [1.807, 2.05) is 43.3 Å². The highest BCUT2D eigenvalue weighted by atomic mass is 16.1. The first kappa shape index (κ1) is 17.4. The van der Waals surface area contributed by atoms with Gasteiger partial charge in [-0.2, -0.15) is 0 Å². The van der Waals surface area contributed by atoms with Crippen molar-refractivity contribution >= 4 is 17.3 Å². The summed E-state index contributed by atoms with van der Waals surface area (Å²) in [5.74, 6) is -0.444. The third-order valence-corrected chi connectivity index (χ3v) is 3.94. The van der Waals surface area contributed by atoms with Gasteiger partial charge in [0, 0.05) is 22.9 Å². The average Bonchev–Trinajstić information content (AvgIpc) is 2.70. The summed E-state index contributed by atoms with van der Waals surface area (Å²) in [7, 11) is 0. The standard InChI is InChI=1S/C23H19NO2/c1-17-12-14-20(15-13-17)24-21(23(26)19-10-6-3-7-11-19)16-22(25)18-8-4-2-5-9-18/h2-16,24H,1H3. The lowest BCUT2D eigenvalue weighted by Gasteiger charge is -2.11. The molecule has 3 aromatic carbocycles. The number of allylic oxidation sites excluding steroid dienone is 2. The molecule has 0 spiro atoms. The number of carbonyl (C=O) groups is 2. The van der Waals surface area contributed by atoms with E-state index < -0.39 is 0 Å². The van der Waals surface area contributed by atoms with Crippen LogP contribution in [0.3, 0.4) is 0 Å². The Hall–Kier alpha value is -3.46. The molecule has 0 fully saturated rings. The summed E-state index contributed by atoms with van der Waals surface area (Å²) in [6, 6.07) is 25.5. The van der Waals surface area contributed by atoms with Gasteiger partial charge in [-0.15, -0.1) is 0 Å². The normalized spacial score (nSPS) is 11.0. The van der Waals surface area contributed by atoms with Crippen molar-refractivity contribution < 1.29 is 9.59 Å². The molecular formula is C23H19NO2. The van der Waals surface area contributed by atoms with Crippen LogP contribution in [-0.2, 0) is 0 Å². The highest BCUT2D eigenvalue weighted by Crippen LogP contribution is 2.16. The van der Waals surface area contributed by atoms with Gasteiger partial charge in [0.15, 0.2) is 5.78 Å². The molecule has 0 aromatic heterocycles. The Morgan fingerprint density at radius 2 is 1.27 bits per heavy atom. The second-order valence-electron chi connectivity index (χ2n) is 5.97. The van der Waals surface area contributed by atoms with E-state index in [2.05, 4.69) is 5.32 Å². The second kappa shape index (κ2) is 8.08. The largest absolute Gasteiger partial charge is 0.352 e. The van der Waals surface area contributed by atoms with E-state index >= 15 is 0 Å². The van der Waals surface area contributed by atoms with Crippen LogP contribution in [0.2, 0.25) is 0 Å². The Bertz CT molecular complexity index is 927. The van der Waals surface area contributed by atoms with E-state index in [1.165, 1.54) is 6.08 Å². The molecule has 0 atom stereocenters. The Labute approximate surface area is 153 Å². The van der Waals surface area contributed by atoms with Gasteiger partial charge in [0.1, 0.15) is 0 Å². The summed E-state index contributed by atoms with van der Waals surface area (Å²) in [5, 5.41) is 3.10. The molecule has 0 saturated heterocycles. The van der Waals surface area contributed by atoms with Gasteiger partial charge in [0.25, 0.3) is 0 Å². The number of Topliss-reactive ketones (excluding diaryl/α,β-unsaturated/α-hetero) is 1. The van der Waals surface area contributed by atoms with Crippen LogP contribution < -0.4 is 5.32 Å². The molecule has 3 nitrogen and oxygen atoms in total. The van der Waals surface area contributed by atoms with Gasteiger partial charge in [0.2, 0.25) is 5.78 Å². The van der Waals surface area contributed by atoms with Crippen molar-refractivity contribution in [3.63, 3.8) is 0 Å². The molecule has 0 bridgehead atoms. The highest BCUT2D eigenvalue weighted by Gasteiger charge is 2.15. The summed E-state index contributed by atoms with van der Waals surface area (Å²) in [6.45, 7) is 1.99. The SMILES string of the molecule is Cc1ccc(NC(=CC(=O)c2ccccc2)C(=O)c2ccccc2)cc1. The summed E-state index contributed by atoms with van der Waals surface area (Å²) in [6.07, 6.45) is 1.37. The number of ketones is 2. The minimum atomic E-state index is -0.226. The Balaban J connectivity index is 1.95. The van der Waals surface area contributed by atoms with E-state index in [0.717, 1.165) is 11.3 Å². The van der Waals surface area contributed by atoms with Gasteiger partial charge in [-0.3, -0.25) is 9.59 Å². The molecule has 3 aromatic rings. The van der Waals surface area contributed by atoms with Crippen LogP contribution >= 0.6 is 0 Å². The van der Waals surface area contributed by atoms with E-state index in [4.69, 9.17) is 0 Å². The summed E-state index contributed by atoms with van der Waals surface area (Å²) in [5.41, 5.74) is 3.19. The molecule has 0 aliphatic heterocycles. The van der Waals surface area contributed by atoms with Crippen LogP contribution in [0.5, 0.6) is 0 Å². The van der Waals surface area contributed by atoms with Crippen LogP contribution in [0.25, 0.3) is 0 Å².